The largest absolute Gasteiger partial charge is 0.490 e. The maximum Gasteiger partial charge on any atom is 0.161 e. The standard InChI is InChI=1S/C16H23NO2/c1-3-17-15(16(2)7-8-16)12-5-6-13-14(11-12)19-10-4-9-18-13/h5-6,11,15,17H,3-4,7-10H2,1-2H3. The molecule has 0 amide bonds. The molecule has 1 fully saturated rings. The van der Waals surface area contributed by atoms with E-state index < -0.39 is 0 Å². The minimum atomic E-state index is 0.413. The third-order valence-electron chi connectivity index (χ3n) is 4.25. The number of fused-ring (bicyclic) bond motifs is 1. The number of benzene rings is 1. The summed E-state index contributed by atoms with van der Waals surface area (Å²) in [5, 5.41) is 3.63. The Kier molecular flexibility index (Phi) is 3.40. The fraction of sp³-hybridized carbons (Fsp3) is 0.625. The maximum atomic E-state index is 5.80. The first-order valence-electron chi connectivity index (χ1n) is 7.36. The van der Waals surface area contributed by atoms with Crippen molar-refractivity contribution in [3.05, 3.63) is 23.8 Å². The molecule has 0 saturated heterocycles. The van der Waals surface area contributed by atoms with Gasteiger partial charge in [-0.25, -0.2) is 0 Å². The second-order valence-electron chi connectivity index (χ2n) is 5.90. The van der Waals surface area contributed by atoms with E-state index in [1.165, 1.54) is 18.4 Å². The molecule has 1 heterocycles. The van der Waals surface area contributed by atoms with Gasteiger partial charge in [0.1, 0.15) is 0 Å². The van der Waals surface area contributed by atoms with Gasteiger partial charge in [-0.15, -0.1) is 0 Å². The highest BCUT2D eigenvalue weighted by Gasteiger charge is 2.45. The van der Waals surface area contributed by atoms with Crippen LogP contribution in [-0.4, -0.2) is 19.8 Å². The van der Waals surface area contributed by atoms with Crippen molar-refractivity contribution in [3.63, 3.8) is 0 Å². The highest BCUT2D eigenvalue weighted by atomic mass is 16.5. The zero-order valence-electron chi connectivity index (χ0n) is 11.9. The summed E-state index contributed by atoms with van der Waals surface area (Å²) in [6.07, 6.45) is 3.57. The fourth-order valence-electron chi connectivity index (χ4n) is 2.82. The average Bonchev–Trinajstić information content (AvgIpc) is 3.19. The molecule has 1 aliphatic heterocycles. The Balaban J connectivity index is 1.89. The van der Waals surface area contributed by atoms with E-state index in [-0.39, 0.29) is 0 Å². The molecule has 3 rings (SSSR count). The van der Waals surface area contributed by atoms with E-state index in [1.807, 2.05) is 0 Å². The minimum absolute atomic E-state index is 0.413. The van der Waals surface area contributed by atoms with Crippen molar-refractivity contribution >= 4 is 0 Å². The molecule has 1 aromatic rings. The van der Waals surface area contributed by atoms with Crippen LogP contribution < -0.4 is 14.8 Å². The quantitative estimate of drug-likeness (QED) is 0.902. The number of hydrogen-bond donors (Lipinski definition) is 1. The van der Waals surface area contributed by atoms with E-state index in [0.29, 0.717) is 11.5 Å². The number of hydrogen-bond acceptors (Lipinski definition) is 3. The van der Waals surface area contributed by atoms with Crippen molar-refractivity contribution in [1.82, 2.24) is 5.32 Å². The second-order valence-corrected chi connectivity index (χ2v) is 5.90. The Morgan fingerprint density at radius 2 is 1.95 bits per heavy atom. The summed E-state index contributed by atoms with van der Waals surface area (Å²) < 4.78 is 11.5. The molecular weight excluding hydrogens is 238 g/mol. The third kappa shape index (κ3) is 2.57. The van der Waals surface area contributed by atoms with Gasteiger partial charge in [-0.05, 0) is 42.5 Å². The highest BCUT2D eigenvalue weighted by Crippen LogP contribution is 2.55. The van der Waals surface area contributed by atoms with Crippen LogP contribution in [0.2, 0.25) is 0 Å². The Morgan fingerprint density at radius 1 is 1.21 bits per heavy atom. The number of nitrogens with one attached hydrogen (secondary N) is 1. The number of rotatable bonds is 4. The summed E-state index contributed by atoms with van der Waals surface area (Å²) in [5.74, 6) is 1.79. The van der Waals surface area contributed by atoms with Crippen molar-refractivity contribution in [2.24, 2.45) is 5.41 Å². The van der Waals surface area contributed by atoms with Crippen LogP contribution in [0.1, 0.15) is 44.7 Å². The van der Waals surface area contributed by atoms with Crippen LogP contribution >= 0.6 is 0 Å². The zero-order chi connectivity index (χ0) is 13.3. The van der Waals surface area contributed by atoms with Crippen molar-refractivity contribution in [1.29, 1.82) is 0 Å². The molecule has 0 aromatic heterocycles. The SMILES string of the molecule is CCNC(c1ccc2c(c1)OCCCO2)C1(C)CC1. The first kappa shape index (κ1) is 12.8. The first-order valence-corrected chi connectivity index (χ1v) is 7.36. The van der Waals surface area contributed by atoms with Crippen molar-refractivity contribution in [2.75, 3.05) is 19.8 Å². The first-order chi connectivity index (χ1) is 9.23. The van der Waals surface area contributed by atoms with Gasteiger partial charge in [-0.2, -0.15) is 0 Å². The molecule has 3 nitrogen and oxygen atoms in total. The summed E-state index contributed by atoms with van der Waals surface area (Å²) in [4.78, 5) is 0. The molecule has 1 saturated carbocycles. The van der Waals surface area contributed by atoms with E-state index in [2.05, 4.69) is 37.4 Å². The summed E-state index contributed by atoms with van der Waals surface area (Å²) in [6, 6.07) is 6.84. The maximum absolute atomic E-state index is 5.80. The molecule has 3 heteroatoms. The lowest BCUT2D eigenvalue weighted by Crippen LogP contribution is -2.27. The summed E-state index contributed by atoms with van der Waals surface area (Å²) in [6.45, 7) is 7.03. The van der Waals surface area contributed by atoms with Gasteiger partial charge in [0.05, 0.1) is 13.2 Å². The Hall–Kier alpha value is -1.22. The summed E-state index contributed by atoms with van der Waals surface area (Å²) in [7, 11) is 0. The monoisotopic (exact) mass is 261 g/mol. The van der Waals surface area contributed by atoms with E-state index >= 15 is 0 Å². The lowest BCUT2D eigenvalue weighted by atomic mass is 9.91. The van der Waals surface area contributed by atoms with Gasteiger partial charge >= 0.3 is 0 Å². The molecule has 0 spiro atoms. The molecular formula is C16H23NO2. The van der Waals surface area contributed by atoms with Crippen LogP contribution in [0.4, 0.5) is 0 Å². The summed E-state index contributed by atoms with van der Waals surface area (Å²) >= 11 is 0. The molecule has 0 bridgehead atoms. The molecule has 1 N–H and O–H groups in total. The van der Waals surface area contributed by atoms with Crippen molar-refractivity contribution in [3.8, 4) is 11.5 Å². The topological polar surface area (TPSA) is 30.5 Å². The minimum Gasteiger partial charge on any atom is -0.490 e. The van der Waals surface area contributed by atoms with Gasteiger partial charge < -0.3 is 14.8 Å². The predicted molar refractivity (Wildman–Crippen MR) is 75.8 cm³/mol. The van der Waals surface area contributed by atoms with Crippen molar-refractivity contribution in [2.45, 2.75) is 39.2 Å². The summed E-state index contributed by atoms with van der Waals surface area (Å²) in [5.41, 5.74) is 1.74. The average molecular weight is 261 g/mol. The van der Waals surface area contributed by atoms with Crippen LogP contribution in [0.25, 0.3) is 0 Å². The van der Waals surface area contributed by atoms with Crippen LogP contribution in [0.15, 0.2) is 18.2 Å². The fourth-order valence-corrected chi connectivity index (χ4v) is 2.82. The molecule has 104 valence electrons. The van der Waals surface area contributed by atoms with Gasteiger partial charge in [-0.1, -0.05) is 19.9 Å². The molecule has 0 radical (unpaired) electrons. The third-order valence-corrected chi connectivity index (χ3v) is 4.25. The molecule has 19 heavy (non-hydrogen) atoms. The van der Waals surface area contributed by atoms with E-state index in [4.69, 9.17) is 9.47 Å². The predicted octanol–water partition coefficient (Wildman–Crippen LogP) is 3.30. The van der Waals surface area contributed by atoms with Crippen LogP contribution in [0, 0.1) is 5.41 Å². The molecule has 1 atom stereocenters. The highest BCUT2D eigenvalue weighted by molar-refractivity contribution is 5.45. The van der Waals surface area contributed by atoms with E-state index in [9.17, 15) is 0 Å². The van der Waals surface area contributed by atoms with Crippen molar-refractivity contribution < 1.29 is 9.47 Å². The van der Waals surface area contributed by atoms with Gasteiger partial charge in [0.15, 0.2) is 11.5 Å². The molecule has 2 aliphatic rings. The smallest absolute Gasteiger partial charge is 0.161 e. The Morgan fingerprint density at radius 3 is 2.63 bits per heavy atom. The van der Waals surface area contributed by atoms with Crippen LogP contribution in [-0.2, 0) is 0 Å². The lowest BCUT2D eigenvalue weighted by Gasteiger charge is -2.25. The Bertz CT molecular complexity index is 454. The van der Waals surface area contributed by atoms with E-state index in [0.717, 1.165) is 37.7 Å². The molecule has 1 unspecified atom stereocenters. The second kappa shape index (κ2) is 5.04. The van der Waals surface area contributed by atoms with Crippen LogP contribution in [0.3, 0.4) is 0 Å². The zero-order valence-corrected chi connectivity index (χ0v) is 11.9. The Labute approximate surface area is 115 Å². The van der Waals surface area contributed by atoms with Gasteiger partial charge in [0.2, 0.25) is 0 Å². The van der Waals surface area contributed by atoms with Gasteiger partial charge in [0, 0.05) is 12.5 Å². The molecule has 1 aliphatic carbocycles. The van der Waals surface area contributed by atoms with Crippen LogP contribution in [0.5, 0.6) is 11.5 Å². The molecule has 1 aromatic carbocycles. The van der Waals surface area contributed by atoms with Gasteiger partial charge in [-0.3, -0.25) is 0 Å². The lowest BCUT2D eigenvalue weighted by molar-refractivity contribution is 0.296. The normalized spacial score (nSPS) is 21.6. The number of ether oxygens (including phenoxy) is 2. The van der Waals surface area contributed by atoms with E-state index in [1.54, 1.807) is 0 Å². The van der Waals surface area contributed by atoms with Gasteiger partial charge in [0.25, 0.3) is 0 Å².